The van der Waals surface area contributed by atoms with Gasteiger partial charge in [-0.25, -0.2) is 0 Å². The third-order valence-electron chi connectivity index (χ3n) is 2.30. The molecule has 0 spiro atoms. The van der Waals surface area contributed by atoms with E-state index in [1.165, 1.54) is 0 Å². The lowest BCUT2D eigenvalue weighted by molar-refractivity contribution is -0.116. The molecule has 0 saturated carbocycles. The molecule has 1 aromatic rings. The van der Waals surface area contributed by atoms with Gasteiger partial charge in [-0.3, -0.25) is 4.79 Å². The van der Waals surface area contributed by atoms with Crippen LogP contribution in [0.15, 0.2) is 16.6 Å². The molecule has 74 valence electrons. The van der Waals surface area contributed by atoms with Gasteiger partial charge in [0.2, 0.25) is 5.91 Å². The Morgan fingerprint density at radius 1 is 1.43 bits per heavy atom. The summed E-state index contributed by atoms with van der Waals surface area (Å²) < 4.78 is 6.20. The number of fused-ring (bicyclic) bond motifs is 1. The van der Waals surface area contributed by atoms with Crippen molar-refractivity contribution in [3.8, 4) is 5.75 Å². The zero-order chi connectivity index (χ0) is 10.1. The van der Waals surface area contributed by atoms with Crippen molar-refractivity contribution in [3.05, 3.63) is 22.2 Å². The summed E-state index contributed by atoms with van der Waals surface area (Å²) in [6.07, 6.45) is 1.30. The molecule has 1 aliphatic rings. The van der Waals surface area contributed by atoms with E-state index in [0.29, 0.717) is 6.42 Å². The van der Waals surface area contributed by atoms with Gasteiger partial charge < -0.3 is 10.1 Å². The number of hydrogen-bond donors (Lipinski definition) is 1. The molecule has 2 rings (SSSR count). The fourth-order valence-corrected chi connectivity index (χ4v) is 2.12. The molecule has 0 radical (unpaired) electrons. The highest BCUT2D eigenvalue weighted by atomic mass is 79.9. The van der Waals surface area contributed by atoms with Crippen molar-refractivity contribution >= 4 is 27.5 Å². The van der Waals surface area contributed by atoms with E-state index in [1.807, 2.05) is 12.1 Å². The second kappa shape index (κ2) is 3.61. The Kier molecular flexibility index (Phi) is 2.46. The van der Waals surface area contributed by atoms with Crippen LogP contribution in [0.2, 0.25) is 0 Å². The summed E-state index contributed by atoms with van der Waals surface area (Å²) in [5, 5.41) is 2.83. The summed E-state index contributed by atoms with van der Waals surface area (Å²) in [6, 6.07) is 3.78. The average Bonchev–Trinajstić information content (AvgIpc) is 2.18. The second-order valence-corrected chi connectivity index (χ2v) is 4.01. The van der Waals surface area contributed by atoms with Crippen molar-refractivity contribution in [2.75, 3.05) is 12.4 Å². The maximum Gasteiger partial charge on any atom is 0.224 e. The first-order valence-electron chi connectivity index (χ1n) is 4.37. The van der Waals surface area contributed by atoms with Crippen LogP contribution in [0.1, 0.15) is 12.0 Å². The number of rotatable bonds is 1. The summed E-state index contributed by atoms with van der Waals surface area (Å²) in [7, 11) is 1.60. The standard InChI is InChI=1S/C10H10BrNO2/c1-14-8-4-3-7(11)6-2-5-9(13)12-10(6)8/h3-4H,2,5H2,1H3,(H,12,13). The number of anilines is 1. The number of methoxy groups -OCH3 is 1. The molecule has 0 atom stereocenters. The Labute approximate surface area is 90.6 Å². The van der Waals surface area contributed by atoms with E-state index in [2.05, 4.69) is 21.2 Å². The smallest absolute Gasteiger partial charge is 0.224 e. The summed E-state index contributed by atoms with van der Waals surface area (Å²) in [5.74, 6) is 0.769. The first-order chi connectivity index (χ1) is 6.72. The van der Waals surface area contributed by atoms with Crippen molar-refractivity contribution in [3.63, 3.8) is 0 Å². The minimum atomic E-state index is 0.0499. The molecule has 0 fully saturated rings. The third kappa shape index (κ3) is 1.50. The van der Waals surface area contributed by atoms with Gasteiger partial charge >= 0.3 is 0 Å². The van der Waals surface area contributed by atoms with Gasteiger partial charge in [-0.1, -0.05) is 15.9 Å². The van der Waals surface area contributed by atoms with Gasteiger partial charge in [-0.05, 0) is 24.1 Å². The van der Waals surface area contributed by atoms with Crippen molar-refractivity contribution in [2.24, 2.45) is 0 Å². The largest absolute Gasteiger partial charge is 0.495 e. The van der Waals surface area contributed by atoms with Gasteiger partial charge in [0.1, 0.15) is 5.75 Å². The van der Waals surface area contributed by atoms with Gasteiger partial charge in [0.05, 0.1) is 12.8 Å². The van der Waals surface area contributed by atoms with Gasteiger partial charge in [0.15, 0.2) is 0 Å². The maximum atomic E-state index is 11.2. The minimum Gasteiger partial charge on any atom is -0.495 e. The lowest BCUT2D eigenvalue weighted by Gasteiger charge is -2.20. The zero-order valence-corrected chi connectivity index (χ0v) is 9.35. The number of carbonyl (C=O) groups excluding carboxylic acids is 1. The van der Waals surface area contributed by atoms with Crippen LogP contribution in [-0.2, 0) is 11.2 Å². The summed E-state index contributed by atoms with van der Waals surface area (Å²) >= 11 is 3.46. The molecule has 4 heteroatoms. The second-order valence-electron chi connectivity index (χ2n) is 3.15. The Bertz CT molecular complexity index is 390. The monoisotopic (exact) mass is 255 g/mol. The number of amides is 1. The number of nitrogens with one attached hydrogen (secondary N) is 1. The zero-order valence-electron chi connectivity index (χ0n) is 7.76. The minimum absolute atomic E-state index is 0.0499. The van der Waals surface area contributed by atoms with Crippen LogP contribution in [0, 0.1) is 0 Å². The molecular formula is C10H10BrNO2. The number of carbonyl (C=O) groups is 1. The Hall–Kier alpha value is -1.03. The third-order valence-corrected chi connectivity index (χ3v) is 3.05. The van der Waals surface area contributed by atoms with E-state index < -0.39 is 0 Å². The van der Waals surface area contributed by atoms with Gasteiger partial charge in [-0.2, -0.15) is 0 Å². The number of ether oxygens (including phenoxy) is 1. The van der Waals surface area contributed by atoms with E-state index >= 15 is 0 Å². The molecule has 0 saturated heterocycles. The molecule has 0 unspecified atom stereocenters. The highest BCUT2D eigenvalue weighted by Gasteiger charge is 2.20. The topological polar surface area (TPSA) is 38.3 Å². The summed E-state index contributed by atoms with van der Waals surface area (Å²) in [5.41, 5.74) is 1.92. The Balaban J connectivity index is 2.54. The van der Waals surface area contributed by atoms with Crippen molar-refractivity contribution < 1.29 is 9.53 Å². The first-order valence-corrected chi connectivity index (χ1v) is 5.17. The molecule has 0 aromatic heterocycles. The van der Waals surface area contributed by atoms with Gasteiger partial charge in [0.25, 0.3) is 0 Å². The van der Waals surface area contributed by atoms with Crippen LogP contribution < -0.4 is 10.1 Å². The molecule has 1 aliphatic heterocycles. The molecule has 1 N–H and O–H groups in total. The van der Waals surface area contributed by atoms with E-state index in [0.717, 1.165) is 27.9 Å². The fraction of sp³-hybridized carbons (Fsp3) is 0.300. The van der Waals surface area contributed by atoms with Crippen LogP contribution >= 0.6 is 15.9 Å². The molecule has 1 amide bonds. The van der Waals surface area contributed by atoms with E-state index in [9.17, 15) is 4.79 Å². The summed E-state index contributed by atoms with van der Waals surface area (Å²) in [4.78, 5) is 11.2. The molecule has 1 aromatic carbocycles. The Morgan fingerprint density at radius 2 is 2.21 bits per heavy atom. The van der Waals surface area contributed by atoms with Crippen LogP contribution in [0.25, 0.3) is 0 Å². The van der Waals surface area contributed by atoms with Gasteiger partial charge in [0, 0.05) is 10.9 Å². The predicted molar refractivity (Wildman–Crippen MR) is 57.6 cm³/mol. The van der Waals surface area contributed by atoms with Crippen LogP contribution in [0.4, 0.5) is 5.69 Å². The normalized spacial score (nSPS) is 14.6. The molecule has 0 aliphatic carbocycles. The molecular weight excluding hydrogens is 246 g/mol. The van der Waals surface area contributed by atoms with Crippen LogP contribution in [-0.4, -0.2) is 13.0 Å². The lowest BCUT2D eigenvalue weighted by atomic mass is 10.0. The fourth-order valence-electron chi connectivity index (χ4n) is 1.59. The van der Waals surface area contributed by atoms with Crippen molar-refractivity contribution in [1.29, 1.82) is 0 Å². The molecule has 14 heavy (non-hydrogen) atoms. The predicted octanol–water partition coefficient (Wildman–Crippen LogP) is 2.34. The SMILES string of the molecule is COc1ccc(Br)c2c1NC(=O)CC2. The highest BCUT2D eigenvalue weighted by molar-refractivity contribution is 9.10. The molecule has 0 bridgehead atoms. The number of benzene rings is 1. The highest BCUT2D eigenvalue weighted by Crippen LogP contribution is 2.36. The maximum absolute atomic E-state index is 11.2. The quantitative estimate of drug-likeness (QED) is 0.837. The number of halogens is 1. The average molecular weight is 256 g/mol. The number of hydrogen-bond acceptors (Lipinski definition) is 2. The van der Waals surface area contributed by atoms with E-state index in [-0.39, 0.29) is 5.91 Å². The first kappa shape index (κ1) is 9.52. The van der Waals surface area contributed by atoms with E-state index in [1.54, 1.807) is 7.11 Å². The van der Waals surface area contributed by atoms with Crippen LogP contribution in [0.3, 0.4) is 0 Å². The molecule has 1 heterocycles. The Morgan fingerprint density at radius 3 is 2.93 bits per heavy atom. The van der Waals surface area contributed by atoms with E-state index in [4.69, 9.17) is 4.74 Å². The summed E-state index contributed by atoms with van der Waals surface area (Å²) in [6.45, 7) is 0. The van der Waals surface area contributed by atoms with Crippen molar-refractivity contribution in [1.82, 2.24) is 0 Å². The van der Waals surface area contributed by atoms with Crippen molar-refractivity contribution in [2.45, 2.75) is 12.8 Å². The molecule has 3 nitrogen and oxygen atoms in total. The van der Waals surface area contributed by atoms with Gasteiger partial charge in [-0.15, -0.1) is 0 Å². The van der Waals surface area contributed by atoms with Crippen LogP contribution in [0.5, 0.6) is 5.75 Å². The lowest BCUT2D eigenvalue weighted by Crippen LogP contribution is -2.19.